The van der Waals surface area contributed by atoms with Crippen LogP contribution in [0.15, 0.2) is 21.3 Å². The van der Waals surface area contributed by atoms with Crippen LogP contribution < -0.4 is 4.74 Å². The van der Waals surface area contributed by atoms with Gasteiger partial charge in [-0.3, -0.25) is 9.99 Å². The number of halogens is 1. The van der Waals surface area contributed by atoms with Gasteiger partial charge in [-0.25, -0.2) is 19.6 Å². The molecular formula is C28H39ClN6O6. The quantitative estimate of drug-likeness (QED) is 0.403. The van der Waals surface area contributed by atoms with E-state index in [0.29, 0.717) is 28.5 Å². The monoisotopic (exact) mass is 590 g/mol. The predicted molar refractivity (Wildman–Crippen MR) is 155 cm³/mol. The Kier molecular flexibility index (Phi) is 9.17. The number of fused-ring (bicyclic) bond motifs is 1. The third-order valence-corrected chi connectivity index (χ3v) is 6.90. The first-order chi connectivity index (χ1) is 18.9. The molecule has 0 saturated carbocycles. The second kappa shape index (κ2) is 11.8. The number of methoxy groups -OCH3 is 1. The van der Waals surface area contributed by atoms with Crippen molar-refractivity contribution in [3.8, 4) is 5.75 Å². The summed E-state index contributed by atoms with van der Waals surface area (Å²) in [6.07, 6.45) is 0.177. The molecule has 13 heteroatoms. The molecule has 3 rings (SSSR count). The van der Waals surface area contributed by atoms with Gasteiger partial charge in [0.25, 0.3) is 0 Å². The number of nitrogens with zero attached hydrogens (tertiary/aromatic N) is 6. The van der Waals surface area contributed by atoms with Gasteiger partial charge in [0.15, 0.2) is 6.17 Å². The normalized spacial score (nSPS) is 20.4. The molecule has 2 atom stereocenters. The minimum Gasteiger partial charge on any atom is -0.496 e. The summed E-state index contributed by atoms with van der Waals surface area (Å²) in [5.41, 5.74) is 0.0955. The van der Waals surface area contributed by atoms with Gasteiger partial charge in [0.2, 0.25) is 5.96 Å². The molecule has 2 unspecified atom stereocenters. The van der Waals surface area contributed by atoms with Crippen LogP contribution in [0.1, 0.15) is 78.1 Å². The predicted octanol–water partition coefficient (Wildman–Crippen LogP) is 5.37. The van der Waals surface area contributed by atoms with E-state index >= 15 is 0 Å². The average molecular weight is 591 g/mol. The van der Waals surface area contributed by atoms with E-state index in [-0.39, 0.29) is 24.1 Å². The second-order valence-corrected chi connectivity index (χ2v) is 12.5. The van der Waals surface area contributed by atoms with Crippen molar-refractivity contribution in [2.75, 3.05) is 7.11 Å². The topological polar surface area (TPSA) is 135 Å². The van der Waals surface area contributed by atoms with Crippen molar-refractivity contribution in [3.05, 3.63) is 23.0 Å². The zero-order chi connectivity index (χ0) is 30.9. The molecule has 0 aliphatic carbocycles. The molecule has 0 bridgehead atoms. The van der Waals surface area contributed by atoms with Crippen LogP contribution in [0.3, 0.4) is 0 Å². The number of hydrogen-bond acceptors (Lipinski definition) is 11. The molecule has 0 N–H and O–H groups in total. The molecule has 41 heavy (non-hydrogen) atoms. The minimum atomic E-state index is -1.04. The third kappa shape index (κ3) is 6.86. The maximum Gasteiger partial charge on any atom is 0.427 e. The summed E-state index contributed by atoms with van der Waals surface area (Å²) in [4.78, 5) is 52.2. The van der Waals surface area contributed by atoms with Crippen LogP contribution in [0.2, 0.25) is 0 Å². The number of pyridine rings is 1. The molecule has 2 aliphatic rings. The number of imide groups is 1. The molecule has 1 aromatic rings. The standard InChI is InChI=1S/C28H39ClN6O6/c1-16-14-30-18(17(2)20(16)39-10)15-34-22-28(9,19(33-34)12-11-13-36)21(29)31-23(32-22)35(24(37)40-26(3,4)5)25(38)41-27(6,7)8/h13-14,22H,11-12,15H2,1-10H3. The molecular weight excluding hydrogens is 552 g/mol. The van der Waals surface area contributed by atoms with Gasteiger partial charge in [-0.15, -0.1) is 4.90 Å². The lowest BCUT2D eigenvalue weighted by Gasteiger charge is -2.36. The maximum atomic E-state index is 13.3. The highest BCUT2D eigenvalue weighted by Crippen LogP contribution is 2.43. The van der Waals surface area contributed by atoms with Gasteiger partial charge in [0, 0.05) is 23.7 Å². The first kappa shape index (κ1) is 32.0. The summed E-state index contributed by atoms with van der Waals surface area (Å²) >= 11 is 6.82. The molecule has 0 saturated heterocycles. The number of carbonyl (C=O) groups excluding carboxylic acids is 3. The molecule has 2 aliphatic heterocycles. The Labute approximate surface area is 245 Å². The molecule has 0 aromatic carbocycles. The number of guanidine groups is 1. The van der Waals surface area contributed by atoms with Crippen molar-refractivity contribution in [3.63, 3.8) is 0 Å². The summed E-state index contributed by atoms with van der Waals surface area (Å²) in [6, 6.07) is 0. The van der Waals surface area contributed by atoms with E-state index in [1.165, 1.54) is 0 Å². The van der Waals surface area contributed by atoms with Gasteiger partial charge < -0.3 is 19.0 Å². The molecule has 0 fully saturated rings. The van der Waals surface area contributed by atoms with Crippen LogP contribution in [0.4, 0.5) is 9.59 Å². The van der Waals surface area contributed by atoms with Crippen LogP contribution in [0.25, 0.3) is 0 Å². The molecule has 0 spiro atoms. The van der Waals surface area contributed by atoms with E-state index in [0.717, 1.165) is 17.4 Å². The first-order valence-electron chi connectivity index (χ1n) is 13.3. The summed E-state index contributed by atoms with van der Waals surface area (Å²) in [6.45, 7) is 15.9. The van der Waals surface area contributed by atoms with Crippen LogP contribution >= 0.6 is 11.6 Å². The number of hydrogen-bond donors (Lipinski definition) is 0. The molecule has 1 aromatic heterocycles. The van der Waals surface area contributed by atoms with E-state index in [9.17, 15) is 14.4 Å². The highest BCUT2D eigenvalue weighted by Gasteiger charge is 2.54. The Morgan fingerprint density at radius 3 is 2.22 bits per heavy atom. The number of aliphatic imine (C=N–C) groups is 2. The zero-order valence-corrected chi connectivity index (χ0v) is 26.1. The summed E-state index contributed by atoms with van der Waals surface area (Å²) in [5.74, 6) is 0.402. The minimum absolute atomic E-state index is 0.0444. The number of rotatable bonds is 6. The molecule has 3 heterocycles. The van der Waals surface area contributed by atoms with Crippen molar-refractivity contribution < 1.29 is 28.6 Å². The van der Waals surface area contributed by atoms with E-state index in [4.69, 9.17) is 35.9 Å². The fourth-order valence-electron chi connectivity index (χ4n) is 4.50. The Morgan fingerprint density at radius 1 is 1.12 bits per heavy atom. The van der Waals surface area contributed by atoms with Crippen LogP contribution in [0.5, 0.6) is 5.75 Å². The number of aldehydes is 1. The number of carbonyl (C=O) groups is 3. The SMILES string of the molecule is COc1c(C)cnc(CN2N=C(CCC=O)C3(C)C(Cl)=NC(N(C(=O)OC(C)(C)C)C(=O)OC(C)(C)C)=NC23)c1C. The van der Waals surface area contributed by atoms with Crippen molar-refractivity contribution >= 4 is 46.9 Å². The Hall–Kier alpha value is -3.54. The molecule has 2 amide bonds. The van der Waals surface area contributed by atoms with Gasteiger partial charge >= 0.3 is 12.2 Å². The Bertz CT molecular complexity index is 1280. The number of aromatic nitrogens is 1. The number of aryl methyl sites for hydroxylation is 1. The van der Waals surface area contributed by atoms with Gasteiger partial charge in [-0.05, 0) is 68.7 Å². The van der Waals surface area contributed by atoms with Gasteiger partial charge in [0.05, 0.1) is 25.1 Å². The van der Waals surface area contributed by atoms with E-state index in [1.54, 1.807) is 59.9 Å². The molecule has 12 nitrogen and oxygen atoms in total. The number of amides is 2. The smallest absolute Gasteiger partial charge is 0.427 e. The second-order valence-electron chi connectivity index (χ2n) is 12.1. The lowest BCUT2D eigenvalue weighted by atomic mass is 9.81. The van der Waals surface area contributed by atoms with Gasteiger partial charge in [-0.2, -0.15) is 5.10 Å². The molecule has 224 valence electrons. The highest BCUT2D eigenvalue weighted by molar-refractivity contribution is 6.69. The van der Waals surface area contributed by atoms with Gasteiger partial charge in [0.1, 0.15) is 33.8 Å². The van der Waals surface area contributed by atoms with Crippen LogP contribution in [0, 0.1) is 19.3 Å². The summed E-state index contributed by atoms with van der Waals surface area (Å²) < 4.78 is 16.6. The Morgan fingerprint density at radius 2 is 1.71 bits per heavy atom. The lowest BCUT2D eigenvalue weighted by molar-refractivity contribution is -0.107. The number of hydrazone groups is 1. The van der Waals surface area contributed by atoms with E-state index < -0.39 is 35.0 Å². The van der Waals surface area contributed by atoms with Crippen LogP contribution in [-0.4, -0.2) is 74.7 Å². The number of ether oxygens (including phenoxy) is 3. The van der Waals surface area contributed by atoms with E-state index in [2.05, 4.69) is 9.98 Å². The van der Waals surface area contributed by atoms with Crippen molar-refractivity contribution in [1.29, 1.82) is 0 Å². The van der Waals surface area contributed by atoms with Crippen molar-refractivity contribution in [2.24, 2.45) is 20.5 Å². The summed E-state index contributed by atoms with van der Waals surface area (Å²) in [5, 5.41) is 6.51. The van der Waals surface area contributed by atoms with Crippen LogP contribution in [-0.2, 0) is 20.8 Å². The first-order valence-corrected chi connectivity index (χ1v) is 13.7. The van der Waals surface area contributed by atoms with Crippen molar-refractivity contribution in [2.45, 2.75) is 99.1 Å². The molecule has 0 radical (unpaired) electrons. The fraction of sp³-hybridized carbons (Fsp3) is 0.607. The fourth-order valence-corrected chi connectivity index (χ4v) is 4.78. The third-order valence-electron chi connectivity index (χ3n) is 6.42. The van der Waals surface area contributed by atoms with E-state index in [1.807, 2.05) is 20.8 Å². The maximum absolute atomic E-state index is 13.3. The van der Waals surface area contributed by atoms with Crippen molar-refractivity contribution in [1.82, 2.24) is 14.9 Å². The highest BCUT2D eigenvalue weighted by atomic mass is 35.5. The Balaban J connectivity index is 2.13. The lowest BCUT2D eigenvalue weighted by Crippen LogP contribution is -2.52. The zero-order valence-electron chi connectivity index (χ0n) is 25.4. The summed E-state index contributed by atoms with van der Waals surface area (Å²) in [7, 11) is 1.59. The average Bonchev–Trinajstić information content (AvgIpc) is 3.10. The largest absolute Gasteiger partial charge is 0.496 e. The van der Waals surface area contributed by atoms with Gasteiger partial charge in [-0.1, -0.05) is 11.6 Å².